The van der Waals surface area contributed by atoms with Crippen LogP contribution in [0.15, 0.2) is 6.20 Å². The molecular weight excluding hydrogens is 390 g/mol. The molecule has 0 aromatic carbocycles. The van der Waals surface area contributed by atoms with Crippen molar-refractivity contribution < 1.29 is 24.0 Å². The molecule has 2 heterocycles. The van der Waals surface area contributed by atoms with Crippen molar-refractivity contribution in [2.24, 2.45) is 5.73 Å². The minimum atomic E-state index is -0.730. The Labute approximate surface area is 163 Å². The maximum Gasteiger partial charge on any atom is 0.341 e. The van der Waals surface area contributed by atoms with Gasteiger partial charge in [-0.1, -0.05) is 6.92 Å². The monoisotopic (exact) mass is 409 g/mol. The summed E-state index contributed by atoms with van der Waals surface area (Å²) in [6.45, 7) is 4.70. The number of ether oxygens (including phenoxy) is 1. The van der Waals surface area contributed by atoms with Crippen LogP contribution < -0.4 is 11.1 Å². The molecule has 0 aliphatic carbocycles. The molecule has 2 aromatic rings. The Balaban J connectivity index is 2.28. The maximum atomic E-state index is 12.4. The highest BCUT2D eigenvalue weighted by atomic mass is 32.1. The molecule has 11 nitrogen and oxygen atoms in total. The molecule has 12 heteroatoms. The number of amides is 2. The van der Waals surface area contributed by atoms with E-state index < -0.39 is 22.7 Å². The van der Waals surface area contributed by atoms with Gasteiger partial charge in [-0.2, -0.15) is 5.10 Å². The molecule has 150 valence electrons. The molecule has 0 atom stereocenters. The third-order valence-electron chi connectivity index (χ3n) is 3.83. The van der Waals surface area contributed by atoms with Gasteiger partial charge >= 0.3 is 11.7 Å². The minimum Gasteiger partial charge on any atom is -0.462 e. The number of rotatable bonds is 8. The average molecular weight is 409 g/mol. The van der Waals surface area contributed by atoms with E-state index in [1.807, 2.05) is 6.92 Å². The molecule has 2 amide bonds. The van der Waals surface area contributed by atoms with Crippen LogP contribution in [0.1, 0.15) is 44.6 Å². The topological polar surface area (TPSA) is 159 Å². The second-order valence-electron chi connectivity index (χ2n) is 5.84. The summed E-state index contributed by atoms with van der Waals surface area (Å²) >= 11 is 0.864. The SMILES string of the molecule is CCCOC(=O)c1c(NC(=O)Cn2ncc([N+](=O)[O-])c2C)sc(C(N)=O)c1C. The van der Waals surface area contributed by atoms with Crippen LogP contribution in [0.25, 0.3) is 0 Å². The van der Waals surface area contributed by atoms with Gasteiger partial charge in [0.25, 0.3) is 5.91 Å². The van der Waals surface area contributed by atoms with Gasteiger partial charge in [0.15, 0.2) is 0 Å². The molecule has 28 heavy (non-hydrogen) atoms. The van der Waals surface area contributed by atoms with E-state index in [-0.39, 0.29) is 40.0 Å². The van der Waals surface area contributed by atoms with Crippen LogP contribution >= 0.6 is 11.3 Å². The largest absolute Gasteiger partial charge is 0.462 e. The number of anilines is 1. The second-order valence-corrected chi connectivity index (χ2v) is 6.86. The van der Waals surface area contributed by atoms with Crippen molar-refractivity contribution in [2.45, 2.75) is 33.7 Å². The van der Waals surface area contributed by atoms with Crippen molar-refractivity contribution in [2.75, 3.05) is 11.9 Å². The highest BCUT2D eigenvalue weighted by molar-refractivity contribution is 7.18. The smallest absolute Gasteiger partial charge is 0.341 e. The summed E-state index contributed by atoms with van der Waals surface area (Å²) in [5, 5.41) is 17.4. The van der Waals surface area contributed by atoms with Crippen molar-refractivity contribution in [1.82, 2.24) is 9.78 Å². The first kappa shape index (κ1) is 21.0. The number of nitro groups is 1. The Morgan fingerprint density at radius 1 is 1.39 bits per heavy atom. The highest BCUT2D eigenvalue weighted by Crippen LogP contribution is 2.33. The van der Waals surface area contributed by atoms with Gasteiger partial charge < -0.3 is 15.8 Å². The van der Waals surface area contributed by atoms with Crippen LogP contribution in [0.5, 0.6) is 0 Å². The molecule has 0 saturated carbocycles. The fourth-order valence-corrected chi connectivity index (χ4v) is 3.49. The van der Waals surface area contributed by atoms with Gasteiger partial charge in [0.1, 0.15) is 23.4 Å². The van der Waals surface area contributed by atoms with E-state index in [2.05, 4.69) is 10.4 Å². The molecule has 0 fully saturated rings. The van der Waals surface area contributed by atoms with Gasteiger partial charge in [0, 0.05) is 0 Å². The predicted octanol–water partition coefficient (Wildman–Crippen LogP) is 1.77. The van der Waals surface area contributed by atoms with E-state index in [0.717, 1.165) is 22.2 Å². The number of aromatic nitrogens is 2. The summed E-state index contributed by atoms with van der Waals surface area (Å²) in [5.41, 5.74) is 5.71. The highest BCUT2D eigenvalue weighted by Gasteiger charge is 2.26. The lowest BCUT2D eigenvalue weighted by atomic mass is 10.1. The number of carbonyl (C=O) groups excluding carboxylic acids is 3. The molecule has 2 rings (SSSR count). The first-order chi connectivity index (χ1) is 13.2. The molecule has 0 spiro atoms. The summed E-state index contributed by atoms with van der Waals surface area (Å²) < 4.78 is 6.28. The lowest BCUT2D eigenvalue weighted by Crippen LogP contribution is -2.21. The zero-order chi connectivity index (χ0) is 21.0. The fraction of sp³-hybridized carbons (Fsp3) is 0.375. The van der Waals surface area contributed by atoms with Crippen LogP contribution in [-0.4, -0.2) is 39.1 Å². The van der Waals surface area contributed by atoms with E-state index >= 15 is 0 Å². The Bertz CT molecular complexity index is 948. The molecule has 2 aromatic heterocycles. The quantitative estimate of drug-likeness (QED) is 0.382. The number of hydrogen-bond acceptors (Lipinski definition) is 8. The summed E-state index contributed by atoms with van der Waals surface area (Å²) in [5.74, 6) is -1.99. The number of nitrogens with zero attached hydrogens (tertiary/aromatic N) is 3. The molecule has 0 radical (unpaired) electrons. The van der Waals surface area contributed by atoms with E-state index in [0.29, 0.717) is 12.0 Å². The Morgan fingerprint density at radius 2 is 2.07 bits per heavy atom. The first-order valence-corrected chi connectivity index (χ1v) is 9.05. The van der Waals surface area contributed by atoms with Crippen molar-refractivity contribution in [1.29, 1.82) is 0 Å². The van der Waals surface area contributed by atoms with Gasteiger partial charge in [-0.15, -0.1) is 11.3 Å². The van der Waals surface area contributed by atoms with E-state index in [1.165, 1.54) is 13.8 Å². The molecule has 0 aliphatic rings. The van der Waals surface area contributed by atoms with Crippen LogP contribution in [0.3, 0.4) is 0 Å². The van der Waals surface area contributed by atoms with Gasteiger partial charge in [0.05, 0.1) is 22.0 Å². The fourth-order valence-electron chi connectivity index (χ4n) is 2.43. The predicted molar refractivity (Wildman–Crippen MR) is 100 cm³/mol. The summed E-state index contributed by atoms with van der Waals surface area (Å²) in [7, 11) is 0. The van der Waals surface area contributed by atoms with Crippen LogP contribution in [-0.2, 0) is 16.1 Å². The van der Waals surface area contributed by atoms with Crippen molar-refractivity contribution >= 4 is 39.8 Å². The van der Waals surface area contributed by atoms with Gasteiger partial charge in [-0.3, -0.25) is 24.4 Å². The van der Waals surface area contributed by atoms with Crippen molar-refractivity contribution in [3.8, 4) is 0 Å². The average Bonchev–Trinajstić information content (AvgIpc) is 3.13. The van der Waals surface area contributed by atoms with E-state index in [9.17, 15) is 24.5 Å². The molecule has 0 aliphatic heterocycles. The molecule has 3 N–H and O–H groups in total. The van der Waals surface area contributed by atoms with E-state index in [1.54, 1.807) is 0 Å². The van der Waals surface area contributed by atoms with Crippen molar-refractivity contribution in [3.05, 3.63) is 38.0 Å². The normalized spacial score (nSPS) is 10.5. The lowest BCUT2D eigenvalue weighted by molar-refractivity contribution is -0.385. The molecular formula is C16H19N5O6S. The second kappa shape index (κ2) is 8.61. The number of thiophene rings is 1. The third kappa shape index (κ3) is 4.34. The maximum absolute atomic E-state index is 12.4. The Hall–Kier alpha value is -3.28. The van der Waals surface area contributed by atoms with Crippen molar-refractivity contribution in [3.63, 3.8) is 0 Å². The van der Waals surface area contributed by atoms with Gasteiger partial charge in [0.2, 0.25) is 5.91 Å². The number of esters is 1. The zero-order valence-electron chi connectivity index (χ0n) is 15.5. The van der Waals surface area contributed by atoms with E-state index in [4.69, 9.17) is 10.5 Å². The lowest BCUT2D eigenvalue weighted by Gasteiger charge is -2.08. The number of nitrogens with one attached hydrogen (secondary N) is 1. The third-order valence-corrected chi connectivity index (χ3v) is 5.05. The number of primary amides is 1. The Kier molecular flexibility index (Phi) is 6.46. The number of carbonyl (C=O) groups is 3. The number of nitrogens with two attached hydrogens (primary N) is 1. The van der Waals surface area contributed by atoms with Gasteiger partial charge in [-0.05, 0) is 25.8 Å². The minimum absolute atomic E-state index is 0.0590. The Morgan fingerprint density at radius 3 is 2.61 bits per heavy atom. The molecule has 0 bridgehead atoms. The standard InChI is InChI=1S/C16H19N5O6S/c1-4-5-27-16(24)12-8(2)13(14(17)23)28-15(12)19-11(22)7-20-9(3)10(6-18-20)21(25)26/h6H,4-5,7H2,1-3H3,(H2,17,23)(H,19,22). The first-order valence-electron chi connectivity index (χ1n) is 8.24. The zero-order valence-corrected chi connectivity index (χ0v) is 16.3. The summed E-state index contributed by atoms with van der Waals surface area (Å²) in [6.07, 6.45) is 1.66. The summed E-state index contributed by atoms with van der Waals surface area (Å²) in [4.78, 5) is 46.7. The number of hydrogen-bond donors (Lipinski definition) is 2. The summed E-state index contributed by atoms with van der Waals surface area (Å²) in [6, 6.07) is 0. The van der Waals surface area contributed by atoms with Crippen LogP contribution in [0.4, 0.5) is 10.7 Å². The molecule has 0 saturated heterocycles. The molecule has 0 unspecified atom stereocenters. The van der Waals surface area contributed by atoms with Gasteiger partial charge in [-0.25, -0.2) is 4.79 Å². The van der Waals surface area contributed by atoms with Crippen LogP contribution in [0, 0.1) is 24.0 Å². The van der Waals surface area contributed by atoms with Crippen LogP contribution in [0.2, 0.25) is 0 Å².